The minimum atomic E-state index is -0.421. The van der Waals surface area contributed by atoms with E-state index in [-0.39, 0.29) is 11.9 Å². The molecule has 1 aromatic carbocycles. The molecule has 1 unspecified atom stereocenters. The van der Waals surface area contributed by atoms with Crippen molar-refractivity contribution in [2.75, 3.05) is 19.6 Å². The van der Waals surface area contributed by atoms with E-state index >= 15 is 0 Å². The average molecular weight is 371 g/mol. The Hall–Kier alpha value is -3.10. The van der Waals surface area contributed by atoms with Crippen molar-refractivity contribution in [2.45, 2.75) is 32.2 Å². The molecule has 9 nitrogen and oxygen atoms in total. The molecule has 0 spiro atoms. The summed E-state index contributed by atoms with van der Waals surface area (Å²) in [5.41, 5.74) is 1.27. The second kappa shape index (κ2) is 7.26. The molecule has 1 atom stereocenters. The molecule has 0 bridgehead atoms. The summed E-state index contributed by atoms with van der Waals surface area (Å²) < 4.78 is 12.0. The number of nitrogens with one attached hydrogen (secondary N) is 1. The Morgan fingerprint density at radius 1 is 1.37 bits per heavy atom. The molecule has 0 saturated carbocycles. The van der Waals surface area contributed by atoms with E-state index in [4.69, 9.17) is 8.94 Å². The standard InChI is InChI=1S/C18H21N5O4/c1-12-20-16(27-21-12)13-5-4-9-22(11-13)17(24)19-8-10-23-14-6-2-3-7-15(14)26-18(23)25/h2-3,6-7,13H,4-5,8-11H2,1H3,(H,19,24). The molecular formula is C18H21N5O4. The Morgan fingerprint density at radius 2 is 2.22 bits per heavy atom. The average Bonchev–Trinajstić information content (AvgIpc) is 3.25. The molecule has 142 valence electrons. The van der Waals surface area contributed by atoms with E-state index < -0.39 is 5.76 Å². The normalized spacial score (nSPS) is 17.4. The number of benzene rings is 1. The van der Waals surface area contributed by atoms with Crippen LogP contribution in [-0.4, -0.2) is 45.3 Å². The predicted octanol–water partition coefficient (Wildman–Crippen LogP) is 1.88. The third kappa shape index (κ3) is 3.57. The van der Waals surface area contributed by atoms with E-state index in [1.807, 2.05) is 18.2 Å². The number of amides is 2. The van der Waals surface area contributed by atoms with Gasteiger partial charge in [0.15, 0.2) is 11.4 Å². The molecule has 0 aliphatic carbocycles. The lowest BCUT2D eigenvalue weighted by Crippen LogP contribution is -2.46. The van der Waals surface area contributed by atoms with E-state index in [0.29, 0.717) is 43.5 Å². The lowest BCUT2D eigenvalue weighted by molar-refractivity contribution is 0.171. The number of aromatic nitrogens is 3. The van der Waals surface area contributed by atoms with E-state index in [2.05, 4.69) is 15.5 Å². The van der Waals surface area contributed by atoms with Crippen LogP contribution in [0.15, 0.2) is 38.0 Å². The topological polar surface area (TPSA) is 106 Å². The zero-order valence-corrected chi connectivity index (χ0v) is 15.1. The largest absolute Gasteiger partial charge is 0.420 e. The highest BCUT2D eigenvalue weighted by atomic mass is 16.5. The monoisotopic (exact) mass is 371 g/mol. The van der Waals surface area contributed by atoms with Gasteiger partial charge in [0.1, 0.15) is 0 Å². The lowest BCUT2D eigenvalue weighted by Gasteiger charge is -2.31. The van der Waals surface area contributed by atoms with Crippen LogP contribution < -0.4 is 11.1 Å². The van der Waals surface area contributed by atoms with Gasteiger partial charge in [-0.3, -0.25) is 4.57 Å². The summed E-state index contributed by atoms with van der Waals surface area (Å²) in [7, 11) is 0. The number of carbonyl (C=O) groups is 1. The van der Waals surface area contributed by atoms with E-state index in [1.165, 1.54) is 4.57 Å². The highest BCUT2D eigenvalue weighted by molar-refractivity contribution is 5.74. The maximum atomic E-state index is 12.5. The molecule has 4 rings (SSSR count). The fourth-order valence-electron chi connectivity index (χ4n) is 3.45. The maximum Gasteiger partial charge on any atom is 0.420 e. The first-order chi connectivity index (χ1) is 13.1. The Kier molecular flexibility index (Phi) is 4.66. The quantitative estimate of drug-likeness (QED) is 0.750. The fourth-order valence-corrected chi connectivity index (χ4v) is 3.45. The molecule has 2 amide bonds. The van der Waals surface area contributed by atoms with Crippen LogP contribution >= 0.6 is 0 Å². The number of para-hydroxylation sites is 2. The van der Waals surface area contributed by atoms with Gasteiger partial charge in [0, 0.05) is 26.2 Å². The Labute approximate surface area is 154 Å². The van der Waals surface area contributed by atoms with Gasteiger partial charge in [-0.15, -0.1) is 0 Å². The van der Waals surface area contributed by atoms with Crippen molar-refractivity contribution in [1.82, 2.24) is 24.9 Å². The summed E-state index contributed by atoms with van der Waals surface area (Å²) in [6, 6.07) is 7.08. The number of hydrogen-bond donors (Lipinski definition) is 1. The number of likely N-dealkylation sites (tertiary alicyclic amines) is 1. The van der Waals surface area contributed by atoms with E-state index in [1.54, 1.807) is 17.9 Å². The second-order valence-corrected chi connectivity index (χ2v) is 6.68. The number of carbonyl (C=O) groups excluding carboxylic acids is 1. The molecule has 0 radical (unpaired) electrons. The van der Waals surface area contributed by atoms with Crippen molar-refractivity contribution >= 4 is 17.1 Å². The third-order valence-corrected chi connectivity index (χ3v) is 4.79. The molecule has 1 aliphatic heterocycles. The van der Waals surface area contributed by atoms with Gasteiger partial charge in [-0.1, -0.05) is 17.3 Å². The minimum absolute atomic E-state index is 0.0612. The predicted molar refractivity (Wildman–Crippen MR) is 96.5 cm³/mol. The third-order valence-electron chi connectivity index (χ3n) is 4.79. The molecule has 1 fully saturated rings. The molecular weight excluding hydrogens is 350 g/mol. The molecule has 1 aliphatic rings. The molecule has 1 N–H and O–H groups in total. The van der Waals surface area contributed by atoms with Gasteiger partial charge in [-0.25, -0.2) is 9.59 Å². The maximum absolute atomic E-state index is 12.5. The first-order valence-corrected chi connectivity index (χ1v) is 9.03. The van der Waals surface area contributed by atoms with Crippen LogP contribution in [-0.2, 0) is 6.54 Å². The van der Waals surface area contributed by atoms with Gasteiger partial charge in [0.05, 0.1) is 11.4 Å². The highest BCUT2D eigenvalue weighted by Gasteiger charge is 2.28. The van der Waals surface area contributed by atoms with Crippen LogP contribution in [0, 0.1) is 6.92 Å². The van der Waals surface area contributed by atoms with Crippen LogP contribution in [0.5, 0.6) is 0 Å². The number of aryl methyl sites for hydroxylation is 1. The van der Waals surface area contributed by atoms with Gasteiger partial charge in [-0.2, -0.15) is 4.98 Å². The Morgan fingerprint density at radius 3 is 3.04 bits per heavy atom. The van der Waals surface area contributed by atoms with Crippen molar-refractivity contribution in [2.24, 2.45) is 0 Å². The molecule has 3 aromatic rings. The van der Waals surface area contributed by atoms with Crippen LogP contribution in [0.1, 0.15) is 30.5 Å². The van der Waals surface area contributed by atoms with Crippen molar-refractivity contribution in [3.63, 3.8) is 0 Å². The van der Waals surface area contributed by atoms with Gasteiger partial charge >= 0.3 is 11.8 Å². The summed E-state index contributed by atoms with van der Waals surface area (Å²) in [5.74, 6) is 0.826. The van der Waals surface area contributed by atoms with Gasteiger partial charge in [-0.05, 0) is 31.9 Å². The SMILES string of the molecule is Cc1noc(C2CCCN(C(=O)NCCn3c(=O)oc4ccccc43)C2)n1. The van der Waals surface area contributed by atoms with Crippen molar-refractivity contribution in [3.8, 4) is 0 Å². The Bertz CT molecular complexity index is 1000. The van der Waals surface area contributed by atoms with Gasteiger partial charge in [0.2, 0.25) is 5.89 Å². The summed E-state index contributed by atoms with van der Waals surface area (Å²) in [5, 5.41) is 6.71. The van der Waals surface area contributed by atoms with Crippen LogP contribution in [0.3, 0.4) is 0 Å². The number of rotatable bonds is 4. The number of hydrogen-bond acceptors (Lipinski definition) is 6. The zero-order valence-electron chi connectivity index (χ0n) is 15.1. The van der Waals surface area contributed by atoms with E-state index in [9.17, 15) is 9.59 Å². The first kappa shape index (κ1) is 17.3. The van der Waals surface area contributed by atoms with Crippen molar-refractivity contribution in [1.29, 1.82) is 0 Å². The summed E-state index contributed by atoms with van der Waals surface area (Å²) in [6.07, 6.45) is 1.80. The van der Waals surface area contributed by atoms with Crippen LogP contribution in [0.2, 0.25) is 0 Å². The molecule has 27 heavy (non-hydrogen) atoms. The highest BCUT2D eigenvalue weighted by Crippen LogP contribution is 2.25. The lowest BCUT2D eigenvalue weighted by atomic mass is 9.98. The number of oxazole rings is 1. The zero-order chi connectivity index (χ0) is 18.8. The van der Waals surface area contributed by atoms with Gasteiger partial charge in [0.25, 0.3) is 0 Å². The fraction of sp³-hybridized carbons (Fsp3) is 0.444. The first-order valence-electron chi connectivity index (χ1n) is 9.03. The minimum Gasteiger partial charge on any atom is -0.408 e. The van der Waals surface area contributed by atoms with Crippen molar-refractivity contribution in [3.05, 3.63) is 46.5 Å². The Balaban J connectivity index is 1.35. The summed E-state index contributed by atoms with van der Waals surface area (Å²) in [6.45, 7) is 3.69. The van der Waals surface area contributed by atoms with Gasteiger partial charge < -0.3 is 19.2 Å². The molecule has 9 heteroatoms. The number of piperidine rings is 1. The van der Waals surface area contributed by atoms with Crippen LogP contribution in [0.25, 0.3) is 11.1 Å². The summed E-state index contributed by atoms with van der Waals surface area (Å²) >= 11 is 0. The number of fused-ring (bicyclic) bond motifs is 1. The van der Waals surface area contributed by atoms with E-state index in [0.717, 1.165) is 18.4 Å². The number of nitrogens with zero attached hydrogens (tertiary/aromatic N) is 4. The number of urea groups is 1. The second-order valence-electron chi connectivity index (χ2n) is 6.68. The smallest absolute Gasteiger partial charge is 0.408 e. The van der Waals surface area contributed by atoms with Crippen LogP contribution in [0.4, 0.5) is 4.79 Å². The molecule has 3 heterocycles. The van der Waals surface area contributed by atoms with Crippen molar-refractivity contribution < 1.29 is 13.7 Å². The molecule has 2 aromatic heterocycles. The molecule has 1 saturated heterocycles. The summed E-state index contributed by atoms with van der Waals surface area (Å²) in [4.78, 5) is 30.5.